The van der Waals surface area contributed by atoms with Gasteiger partial charge in [0.25, 0.3) is 0 Å². The second-order valence-electron chi connectivity index (χ2n) is 8.98. The van der Waals surface area contributed by atoms with Crippen molar-refractivity contribution in [3.63, 3.8) is 0 Å². The summed E-state index contributed by atoms with van der Waals surface area (Å²) in [7, 11) is 0. The first kappa shape index (κ1) is 22.9. The molecule has 33 heavy (non-hydrogen) atoms. The summed E-state index contributed by atoms with van der Waals surface area (Å²) in [6.07, 6.45) is -0.997. The van der Waals surface area contributed by atoms with E-state index in [1.165, 1.54) is 12.1 Å². The lowest BCUT2D eigenvalue weighted by Crippen LogP contribution is -2.49. The lowest BCUT2D eigenvalue weighted by atomic mass is 9.74. The van der Waals surface area contributed by atoms with Gasteiger partial charge in [-0.1, -0.05) is 62.4 Å². The van der Waals surface area contributed by atoms with Gasteiger partial charge in [0.05, 0.1) is 17.3 Å². The van der Waals surface area contributed by atoms with Gasteiger partial charge in [-0.2, -0.15) is 13.2 Å². The molecule has 0 radical (unpaired) electrons. The van der Waals surface area contributed by atoms with Crippen LogP contribution in [0.2, 0.25) is 0 Å². The maximum Gasteiger partial charge on any atom is 0.416 e. The summed E-state index contributed by atoms with van der Waals surface area (Å²) in [5.41, 5.74) is 1.51. The molecule has 6 heteroatoms. The van der Waals surface area contributed by atoms with Gasteiger partial charge in [-0.3, -0.25) is 14.7 Å². The van der Waals surface area contributed by atoms with Crippen LogP contribution in [0.5, 0.6) is 0 Å². The van der Waals surface area contributed by atoms with Crippen molar-refractivity contribution in [2.24, 2.45) is 5.41 Å². The molecule has 3 nitrogen and oxygen atoms in total. The zero-order valence-electron chi connectivity index (χ0n) is 18.5. The number of benzene rings is 2. The second kappa shape index (κ2) is 8.94. The molecule has 1 aromatic heterocycles. The van der Waals surface area contributed by atoms with Crippen LogP contribution in [0, 0.1) is 5.41 Å². The van der Waals surface area contributed by atoms with Crippen molar-refractivity contribution in [2.45, 2.75) is 32.6 Å². The summed E-state index contributed by atoms with van der Waals surface area (Å²) in [6, 6.07) is 19.9. The van der Waals surface area contributed by atoms with Crippen LogP contribution >= 0.6 is 0 Å². The molecule has 3 aromatic rings. The number of Topliss-reactive ketones (excluding diaryl/α,β-unsaturated/α-hetero) is 1. The second-order valence-corrected chi connectivity index (χ2v) is 8.98. The molecule has 1 saturated heterocycles. The number of ketones is 1. The van der Waals surface area contributed by atoms with Gasteiger partial charge in [0, 0.05) is 30.3 Å². The lowest BCUT2D eigenvalue weighted by molar-refractivity contribution is -0.137. The molecule has 4 rings (SSSR count). The Bertz CT molecular complexity index is 1140. The molecule has 0 aliphatic carbocycles. The van der Waals surface area contributed by atoms with Crippen molar-refractivity contribution >= 4 is 11.9 Å². The van der Waals surface area contributed by atoms with Gasteiger partial charge in [-0.05, 0) is 41.5 Å². The molecular weight excluding hydrogens is 425 g/mol. The molecule has 1 fully saturated rings. The summed E-state index contributed by atoms with van der Waals surface area (Å²) in [5.74, 6) is -0.0256. The minimum atomic E-state index is -4.42. The van der Waals surface area contributed by atoms with Gasteiger partial charge in [0.15, 0.2) is 5.78 Å². The van der Waals surface area contributed by atoms with Crippen LogP contribution in [-0.2, 0) is 17.5 Å². The fourth-order valence-corrected chi connectivity index (χ4v) is 4.36. The molecule has 0 bridgehead atoms. The van der Waals surface area contributed by atoms with Gasteiger partial charge in [-0.15, -0.1) is 0 Å². The van der Waals surface area contributed by atoms with Crippen molar-refractivity contribution in [1.82, 2.24) is 9.88 Å². The molecule has 0 saturated carbocycles. The van der Waals surface area contributed by atoms with E-state index in [0.29, 0.717) is 29.9 Å². The largest absolute Gasteiger partial charge is 0.416 e. The number of hydrogen-bond acceptors (Lipinski definition) is 3. The Labute approximate surface area is 191 Å². The zero-order chi connectivity index (χ0) is 23.6. The molecule has 1 aliphatic heterocycles. The van der Waals surface area contributed by atoms with E-state index in [1.54, 1.807) is 18.3 Å². The summed E-state index contributed by atoms with van der Waals surface area (Å²) in [6.45, 7) is 4.85. The van der Waals surface area contributed by atoms with Gasteiger partial charge >= 0.3 is 6.18 Å². The van der Waals surface area contributed by atoms with Crippen LogP contribution in [-0.4, -0.2) is 22.2 Å². The van der Waals surface area contributed by atoms with Crippen LogP contribution < -0.4 is 0 Å². The van der Waals surface area contributed by atoms with E-state index < -0.39 is 23.2 Å². The monoisotopic (exact) mass is 450 g/mol. The molecule has 0 N–H and O–H groups in total. The lowest BCUT2D eigenvalue weighted by Gasteiger charge is -2.44. The average Bonchev–Trinajstić information content (AvgIpc) is 2.78. The van der Waals surface area contributed by atoms with Crippen LogP contribution in [0.3, 0.4) is 0 Å². The maximum absolute atomic E-state index is 13.6. The van der Waals surface area contributed by atoms with Crippen molar-refractivity contribution in [1.29, 1.82) is 0 Å². The van der Waals surface area contributed by atoms with Crippen LogP contribution in [0.15, 0.2) is 84.6 Å². The molecule has 2 heterocycles. The number of halogens is 3. The number of carbonyl (C=O) groups is 1. The number of carbonyl (C=O) groups excluding carboxylic acids is 1. The molecule has 1 unspecified atom stereocenters. The Morgan fingerprint density at radius 3 is 2.27 bits per heavy atom. The number of aromatic nitrogens is 1. The van der Waals surface area contributed by atoms with Gasteiger partial charge < -0.3 is 0 Å². The van der Waals surface area contributed by atoms with Crippen molar-refractivity contribution < 1.29 is 18.0 Å². The highest BCUT2D eigenvalue weighted by Gasteiger charge is 2.44. The first-order valence-electron chi connectivity index (χ1n) is 10.8. The summed E-state index contributed by atoms with van der Waals surface area (Å²) in [4.78, 5) is 20.1. The van der Waals surface area contributed by atoms with E-state index in [0.717, 1.165) is 17.7 Å². The van der Waals surface area contributed by atoms with E-state index in [4.69, 9.17) is 0 Å². The third-order valence-corrected chi connectivity index (χ3v) is 5.91. The molecule has 1 aliphatic rings. The smallest absolute Gasteiger partial charge is 0.294 e. The zero-order valence-corrected chi connectivity index (χ0v) is 18.5. The molecule has 170 valence electrons. The summed E-state index contributed by atoms with van der Waals surface area (Å²) < 4.78 is 39.5. The predicted octanol–water partition coefficient (Wildman–Crippen LogP) is 6.34. The number of rotatable bonds is 4. The predicted molar refractivity (Wildman–Crippen MR) is 122 cm³/mol. The first-order chi connectivity index (χ1) is 15.6. The topological polar surface area (TPSA) is 33.2 Å². The SMILES string of the molecule is CC1(C)CN(Cc2ccccc2)C(c2ccc(C(F)(F)F)cc2)C(=Cc2ccccn2)C1=O. The molecule has 0 spiro atoms. The quantitative estimate of drug-likeness (QED) is 0.435. The third kappa shape index (κ3) is 5.06. The highest BCUT2D eigenvalue weighted by atomic mass is 19.4. The van der Waals surface area contributed by atoms with E-state index in [-0.39, 0.29) is 5.78 Å². The highest BCUT2D eigenvalue weighted by molar-refractivity contribution is 6.05. The van der Waals surface area contributed by atoms with E-state index >= 15 is 0 Å². The Hall–Kier alpha value is -3.25. The normalized spacial score (nSPS) is 20.2. The van der Waals surface area contributed by atoms with Crippen LogP contribution in [0.25, 0.3) is 6.08 Å². The third-order valence-electron chi connectivity index (χ3n) is 5.91. The number of pyridine rings is 1. The summed E-state index contributed by atoms with van der Waals surface area (Å²) in [5, 5.41) is 0. The number of nitrogens with zero attached hydrogens (tertiary/aromatic N) is 2. The summed E-state index contributed by atoms with van der Waals surface area (Å²) >= 11 is 0. The van der Waals surface area contributed by atoms with Crippen molar-refractivity contribution in [2.75, 3.05) is 6.54 Å². The van der Waals surface area contributed by atoms with Gasteiger partial charge in [0.2, 0.25) is 0 Å². The Morgan fingerprint density at radius 2 is 1.67 bits per heavy atom. The minimum absolute atomic E-state index is 0.0256. The van der Waals surface area contributed by atoms with E-state index in [2.05, 4.69) is 9.88 Å². The average molecular weight is 451 g/mol. The number of piperidine rings is 1. The fourth-order valence-electron chi connectivity index (χ4n) is 4.36. The standard InChI is InChI=1S/C27H25F3N2O/c1-26(2)18-32(17-19-8-4-3-5-9-19)24(20-11-13-21(14-12-20)27(28,29)30)23(25(26)33)16-22-10-6-7-15-31-22/h3-16,24H,17-18H2,1-2H3. The van der Waals surface area contributed by atoms with Gasteiger partial charge in [0.1, 0.15) is 0 Å². The Morgan fingerprint density at radius 1 is 1.00 bits per heavy atom. The fraction of sp³-hybridized carbons (Fsp3) is 0.259. The highest BCUT2D eigenvalue weighted by Crippen LogP contribution is 2.43. The Balaban J connectivity index is 1.83. The molecule has 1 atom stereocenters. The molecular formula is C27H25F3N2O. The van der Waals surface area contributed by atoms with Crippen LogP contribution in [0.4, 0.5) is 13.2 Å². The number of alkyl halides is 3. The number of likely N-dealkylation sites (tertiary alicyclic amines) is 1. The van der Waals surface area contributed by atoms with E-state index in [1.807, 2.05) is 56.3 Å². The molecule has 0 amide bonds. The minimum Gasteiger partial charge on any atom is -0.294 e. The first-order valence-corrected chi connectivity index (χ1v) is 10.8. The van der Waals surface area contributed by atoms with Gasteiger partial charge in [-0.25, -0.2) is 0 Å². The van der Waals surface area contributed by atoms with Crippen molar-refractivity contribution in [3.05, 3.63) is 107 Å². The van der Waals surface area contributed by atoms with E-state index in [9.17, 15) is 18.0 Å². The maximum atomic E-state index is 13.6. The van der Waals surface area contributed by atoms with Crippen molar-refractivity contribution in [3.8, 4) is 0 Å². The van der Waals surface area contributed by atoms with Crippen LogP contribution in [0.1, 0.15) is 42.3 Å². The molecule has 2 aromatic carbocycles. The number of hydrogen-bond donors (Lipinski definition) is 0. The Kier molecular flexibility index (Phi) is 6.21.